The predicted molar refractivity (Wildman–Crippen MR) is 45.2 cm³/mol. The van der Waals surface area contributed by atoms with Crippen molar-refractivity contribution in [2.75, 3.05) is 0 Å². The van der Waals surface area contributed by atoms with Gasteiger partial charge in [-0.3, -0.25) is 4.68 Å². The number of hydrogen-bond donors (Lipinski definition) is 0. The Hall–Kier alpha value is -1.03. The maximum absolute atomic E-state index is 12.4. The molecule has 0 spiro atoms. The number of hydrogen-bond acceptors (Lipinski definition) is 2. The van der Waals surface area contributed by atoms with Crippen molar-refractivity contribution in [3.05, 3.63) is 16.4 Å². The molecule has 7 heteroatoms. The fourth-order valence-corrected chi connectivity index (χ4v) is 1.49. The molecule has 3 nitrogen and oxygen atoms in total. The summed E-state index contributed by atoms with van der Waals surface area (Å²) < 4.78 is 37.9. The summed E-state index contributed by atoms with van der Waals surface area (Å²) in [6.07, 6.45) is -3.39. The fourth-order valence-electron chi connectivity index (χ4n) is 0.970. The van der Waals surface area contributed by atoms with Crippen LogP contribution >= 0.6 is 15.9 Å². The van der Waals surface area contributed by atoms with E-state index in [1.54, 1.807) is 6.07 Å². The maximum atomic E-state index is 12.4. The lowest BCUT2D eigenvalue weighted by Gasteiger charge is -2.09. The van der Waals surface area contributed by atoms with E-state index in [0.29, 0.717) is 0 Å². The zero-order chi connectivity index (χ0) is 10.8. The van der Waals surface area contributed by atoms with E-state index in [0.717, 1.165) is 10.9 Å². The lowest BCUT2D eigenvalue weighted by molar-refractivity contribution is -0.144. The van der Waals surface area contributed by atoms with E-state index in [2.05, 4.69) is 21.0 Å². The van der Waals surface area contributed by atoms with Crippen LogP contribution in [-0.4, -0.2) is 9.78 Å². The van der Waals surface area contributed by atoms with E-state index < -0.39 is 11.9 Å². The molecule has 0 atom stereocenters. The molecule has 0 radical (unpaired) electrons. The second kappa shape index (κ2) is 4.00. The molecular weight excluding hydrogens is 263 g/mol. The average molecular weight is 268 g/mol. The minimum atomic E-state index is -4.45. The van der Waals surface area contributed by atoms with E-state index in [1.165, 1.54) is 0 Å². The van der Waals surface area contributed by atoms with E-state index >= 15 is 0 Å². The van der Waals surface area contributed by atoms with E-state index in [4.69, 9.17) is 5.26 Å². The molecule has 0 N–H and O–H groups in total. The Kier molecular flexibility index (Phi) is 3.16. The fraction of sp³-hybridized carbons (Fsp3) is 0.429. The molecule has 1 rings (SSSR count). The smallest absolute Gasteiger partial charge is 0.258 e. The molecule has 0 aliphatic rings. The third-order valence-corrected chi connectivity index (χ3v) is 2.08. The first kappa shape index (κ1) is 11.0. The van der Waals surface area contributed by atoms with Crippen LogP contribution in [0.3, 0.4) is 0 Å². The Bertz CT molecular complexity index is 363. The van der Waals surface area contributed by atoms with Crippen molar-refractivity contribution in [1.29, 1.82) is 5.26 Å². The predicted octanol–water partition coefficient (Wildman–Crippen LogP) is 2.58. The molecule has 76 valence electrons. The molecule has 1 aromatic rings. The van der Waals surface area contributed by atoms with Crippen LogP contribution in [0.25, 0.3) is 0 Å². The highest BCUT2D eigenvalue weighted by molar-refractivity contribution is 9.10. The van der Waals surface area contributed by atoms with Gasteiger partial charge in [-0.05, 0) is 15.9 Å². The van der Waals surface area contributed by atoms with Gasteiger partial charge in [0.1, 0.15) is 0 Å². The van der Waals surface area contributed by atoms with Crippen LogP contribution in [-0.2, 0) is 12.7 Å². The minimum Gasteiger partial charge on any atom is -0.258 e. The highest BCUT2D eigenvalue weighted by Crippen LogP contribution is 2.34. The molecule has 0 saturated heterocycles. The zero-order valence-corrected chi connectivity index (χ0v) is 8.43. The van der Waals surface area contributed by atoms with Crippen molar-refractivity contribution in [3.8, 4) is 6.07 Å². The number of halogens is 4. The minimum absolute atomic E-state index is 0.00278. The first-order valence-electron chi connectivity index (χ1n) is 3.62. The zero-order valence-electron chi connectivity index (χ0n) is 6.85. The van der Waals surface area contributed by atoms with Crippen molar-refractivity contribution >= 4 is 15.9 Å². The van der Waals surface area contributed by atoms with Crippen molar-refractivity contribution in [2.24, 2.45) is 0 Å². The van der Waals surface area contributed by atoms with Gasteiger partial charge in [0.05, 0.1) is 29.7 Å². The van der Waals surface area contributed by atoms with Gasteiger partial charge in [-0.1, -0.05) is 0 Å². The SMILES string of the molecule is N#CCCn1ncc(Br)c1C(F)(F)F. The summed E-state index contributed by atoms with van der Waals surface area (Å²) in [7, 11) is 0. The summed E-state index contributed by atoms with van der Waals surface area (Å²) >= 11 is 2.76. The molecule has 0 aliphatic carbocycles. The van der Waals surface area contributed by atoms with E-state index in [1.807, 2.05) is 0 Å². The molecule has 0 bridgehead atoms. The quantitative estimate of drug-likeness (QED) is 0.827. The second-order valence-electron chi connectivity index (χ2n) is 2.47. The van der Waals surface area contributed by atoms with Crippen LogP contribution in [0, 0.1) is 11.3 Å². The summed E-state index contributed by atoms with van der Waals surface area (Å²) in [6, 6.07) is 1.76. The molecule has 0 saturated carbocycles. The van der Waals surface area contributed by atoms with Gasteiger partial charge in [0.25, 0.3) is 0 Å². The van der Waals surface area contributed by atoms with Crippen LogP contribution in [0.4, 0.5) is 13.2 Å². The Morgan fingerprint density at radius 2 is 2.21 bits per heavy atom. The van der Waals surface area contributed by atoms with Crippen LogP contribution in [0.5, 0.6) is 0 Å². The Morgan fingerprint density at radius 1 is 1.57 bits per heavy atom. The van der Waals surface area contributed by atoms with Gasteiger partial charge in [0.15, 0.2) is 5.69 Å². The van der Waals surface area contributed by atoms with Gasteiger partial charge in [-0.2, -0.15) is 23.5 Å². The highest BCUT2D eigenvalue weighted by atomic mass is 79.9. The van der Waals surface area contributed by atoms with Crippen LogP contribution in [0.1, 0.15) is 12.1 Å². The number of nitriles is 1. The van der Waals surface area contributed by atoms with Crippen LogP contribution in [0.15, 0.2) is 10.7 Å². The highest BCUT2D eigenvalue weighted by Gasteiger charge is 2.37. The van der Waals surface area contributed by atoms with Gasteiger partial charge in [-0.25, -0.2) is 0 Å². The van der Waals surface area contributed by atoms with Gasteiger partial charge in [0.2, 0.25) is 0 Å². The number of aromatic nitrogens is 2. The molecular formula is C7H5BrF3N3. The van der Waals surface area contributed by atoms with Crippen molar-refractivity contribution < 1.29 is 13.2 Å². The van der Waals surface area contributed by atoms with Gasteiger partial charge in [-0.15, -0.1) is 0 Å². The Balaban J connectivity index is 3.02. The number of alkyl halides is 3. The van der Waals surface area contributed by atoms with E-state index in [-0.39, 0.29) is 17.4 Å². The monoisotopic (exact) mass is 267 g/mol. The first-order chi connectivity index (χ1) is 6.46. The number of nitrogens with zero attached hydrogens (tertiary/aromatic N) is 3. The normalized spacial score (nSPS) is 11.4. The summed E-state index contributed by atoms with van der Waals surface area (Å²) in [5.74, 6) is 0. The van der Waals surface area contributed by atoms with Gasteiger partial charge < -0.3 is 0 Å². The maximum Gasteiger partial charge on any atom is 0.434 e. The standard InChI is InChI=1S/C7H5BrF3N3/c8-5-4-13-14(3-1-2-12)6(5)7(9,10)11/h4H,1,3H2. The van der Waals surface area contributed by atoms with Crippen LogP contribution < -0.4 is 0 Å². The molecule has 0 unspecified atom stereocenters. The molecule has 1 aromatic heterocycles. The second-order valence-corrected chi connectivity index (χ2v) is 3.32. The van der Waals surface area contributed by atoms with Gasteiger partial charge >= 0.3 is 6.18 Å². The first-order valence-corrected chi connectivity index (χ1v) is 4.41. The average Bonchev–Trinajstić information content (AvgIpc) is 2.42. The van der Waals surface area contributed by atoms with Crippen molar-refractivity contribution in [2.45, 2.75) is 19.1 Å². The lowest BCUT2D eigenvalue weighted by Crippen LogP contribution is -2.15. The third-order valence-electron chi connectivity index (χ3n) is 1.50. The Labute approximate surface area is 86.3 Å². The third kappa shape index (κ3) is 2.26. The van der Waals surface area contributed by atoms with Crippen LogP contribution in [0.2, 0.25) is 0 Å². The van der Waals surface area contributed by atoms with Crippen molar-refractivity contribution in [1.82, 2.24) is 9.78 Å². The van der Waals surface area contributed by atoms with E-state index in [9.17, 15) is 13.2 Å². The number of rotatable bonds is 2. The summed E-state index contributed by atoms with van der Waals surface area (Å²) in [6.45, 7) is -0.0586. The molecule has 14 heavy (non-hydrogen) atoms. The molecule has 1 heterocycles. The molecule has 0 aromatic carbocycles. The summed E-state index contributed by atoms with van der Waals surface area (Å²) in [5, 5.41) is 11.8. The molecule has 0 fully saturated rings. The van der Waals surface area contributed by atoms with Crippen molar-refractivity contribution in [3.63, 3.8) is 0 Å². The van der Waals surface area contributed by atoms with Gasteiger partial charge in [0, 0.05) is 0 Å². The molecule has 0 aliphatic heterocycles. The largest absolute Gasteiger partial charge is 0.434 e. The topological polar surface area (TPSA) is 41.6 Å². The number of aryl methyl sites for hydroxylation is 1. The summed E-state index contributed by atoms with van der Waals surface area (Å²) in [4.78, 5) is 0. The molecule has 0 amide bonds. The summed E-state index contributed by atoms with van der Waals surface area (Å²) in [5.41, 5.74) is -0.854. The Morgan fingerprint density at radius 3 is 2.71 bits per heavy atom. The lowest BCUT2D eigenvalue weighted by atomic mass is 10.4.